The maximum atomic E-state index is 5.88. The minimum absolute atomic E-state index is 0. The zero-order chi connectivity index (χ0) is 14.3. The highest BCUT2D eigenvalue weighted by molar-refractivity contribution is 7.98. The molecule has 116 valence electrons. The van der Waals surface area contributed by atoms with Crippen molar-refractivity contribution in [3.8, 4) is 11.5 Å². The van der Waals surface area contributed by atoms with E-state index in [1.807, 2.05) is 18.7 Å². The highest BCUT2D eigenvalue weighted by atomic mass is 35.5. The van der Waals surface area contributed by atoms with Crippen LogP contribution < -0.4 is 15.2 Å². The van der Waals surface area contributed by atoms with Gasteiger partial charge in [0.1, 0.15) is 11.5 Å². The lowest BCUT2D eigenvalue weighted by atomic mass is 10.0. The lowest BCUT2D eigenvalue weighted by molar-refractivity contribution is 0.393. The summed E-state index contributed by atoms with van der Waals surface area (Å²) in [6.07, 6.45) is 5.08. The standard InChI is InChI=1S/C15H25NO2S.ClH/c1-11(16)8-13-10-14(17-2)12(6-5-7-19-4)9-15(13)18-3;/h9-11H,5-8,16H2,1-4H3;1H/t11-;/m1./s1. The number of methoxy groups -OCH3 is 2. The Labute approximate surface area is 133 Å². The minimum atomic E-state index is 0. The highest BCUT2D eigenvalue weighted by Gasteiger charge is 2.12. The van der Waals surface area contributed by atoms with Gasteiger partial charge in [0.25, 0.3) is 0 Å². The molecule has 0 aliphatic heterocycles. The largest absolute Gasteiger partial charge is 0.496 e. The molecule has 0 amide bonds. The molecule has 0 aliphatic carbocycles. The first-order chi connectivity index (χ1) is 9.12. The smallest absolute Gasteiger partial charge is 0.122 e. The van der Waals surface area contributed by atoms with Crippen LogP contribution in [0.4, 0.5) is 0 Å². The molecule has 1 rings (SSSR count). The predicted molar refractivity (Wildman–Crippen MR) is 90.9 cm³/mol. The van der Waals surface area contributed by atoms with E-state index < -0.39 is 0 Å². The number of benzene rings is 1. The Morgan fingerprint density at radius 1 is 1.15 bits per heavy atom. The average Bonchev–Trinajstić information content (AvgIpc) is 2.39. The molecule has 0 aliphatic rings. The van der Waals surface area contributed by atoms with Gasteiger partial charge in [-0.3, -0.25) is 0 Å². The second-order valence-electron chi connectivity index (χ2n) is 4.75. The number of ether oxygens (including phenoxy) is 2. The maximum Gasteiger partial charge on any atom is 0.122 e. The minimum Gasteiger partial charge on any atom is -0.496 e. The normalized spacial score (nSPS) is 11.7. The zero-order valence-electron chi connectivity index (χ0n) is 12.8. The molecular weight excluding hydrogens is 294 g/mol. The van der Waals surface area contributed by atoms with Gasteiger partial charge in [0.2, 0.25) is 0 Å². The first kappa shape index (κ1) is 19.4. The first-order valence-corrected chi connectivity index (χ1v) is 8.00. The van der Waals surface area contributed by atoms with Crippen molar-refractivity contribution in [1.82, 2.24) is 0 Å². The molecule has 0 unspecified atom stereocenters. The molecule has 1 aromatic carbocycles. The van der Waals surface area contributed by atoms with E-state index in [1.54, 1.807) is 14.2 Å². The van der Waals surface area contributed by atoms with Gasteiger partial charge in [-0.25, -0.2) is 0 Å². The van der Waals surface area contributed by atoms with E-state index in [9.17, 15) is 0 Å². The monoisotopic (exact) mass is 319 g/mol. The molecule has 0 saturated carbocycles. The Morgan fingerprint density at radius 3 is 2.20 bits per heavy atom. The molecule has 1 aromatic rings. The van der Waals surface area contributed by atoms with Gasteiger partial charge in [0.05, 0.1) is 14.2 Å². The van der Waals surface area contributed by atoms with E-state index in [1.165, 1.54) is 5.56 Å². The maximum absolute atomic E-state index is 5.88. The molecule has 2 N–H and O–H groups in total. The SMILES string of the molecule is COc1cc(C[C@@H](C)N)c(OC)cc1CCCSC.Cl. The summed E-state index contributed by atoms with van der Waals surface area (Å²) in [5.74, 6) is 3.02. The Balaban J connectivity index is 0.00000361. The first-order valence-electron chi connectivity index (χ1n) is 6.60. The fraction of sp³-hybridized carbons (Fsp3) is 0.600. The number of thioether (sulfide) groups is 1. The van der Waals surface area contributed by atoms with E-state index in [2.05, 4.69) is 18.4 Å². The van der Waals surface area contributed by atoms with Crippen molar-refractivity contribution >= 4 is 24.2 Å². The van der Waals surface area contributed by atoms with E-state index in [0.717, 1.165) is 42.1 Å². The van der Waals surface area contributed by atoms with Gasteiger partial charge in [-0.05, 0) is 61.5 Å². The zero-order valence-corrected chi connectivity index (χ0v) is 14.4. The molecule has 3 nitrogen and oxygen atoms in total. The highest BCUT2D eigenvalue weighted by Crippen LogP contribution is 2.30. The molecule has 0 saturated heterocycles. The van der Waals surface area contributed by atoms with E-state index in [4.69, 9.17) is 15.2 Å². The third kappa shape index (κ3) is 5.81. The quantitative estimate of drug-likeness (QED) is 0.747. The summed E-state index contributed by atoms with van der Waals surface area (Å²) in [5.41, 5.74) is 8.20. The number of rotatable bonds is 8. The summed E-state index contributed by atoms with van der Waals surface area (Å²) in [7, 11) is 3.42. The molecule has 0 bridgehead atoms. The number of hydrogen-bond donors (Lipinski definition) is 1. The van der Waals surface area contributed by atoms with Crippen molar-refractivity contribution in [3.05, 3.63) is 23.3 Å². The van der Waals surface area contributed by atoms with Crippen LogP contribution in [-0.4, -0.2) is 32.3 Å². The Morgan fingerprint density at radius 2 is 1.70 bits per heavy atom. The summed E-state index contributed by atoms with van der Waals surface area (Å²) < 4.78 is 11.0. The Hall–Kier alpha value is -0.580. The molecule has 5 heteroatoms. The Kier molecular flexibility index (Phi) is 9.90. The van der Waals surface area contributed by atoms with Crippen LogP contribution in [-0.2, 0) is 12.8 Å². The molecule has 0 fully saturated rings. The van der Waals surface area contributed by atoms with Gasteiger partial charge in [-0.15, -0.1) is 12.4 Å². The molecule has 0 heterocycles. The second kappa shape index (κ2) is 10.2. The van der Waals surface area contributed by atoms with Crippen LogP contribution in [0.5, 0.6) is 11.5 Å². The molecule has 0 radical (unpaired) electrons. The summed E-state index contributed by atoms with van der Waals surface area (Å²) in [6.45, 7) is 2.00. The van der Waals surface area contributed by atoms with Crippen LogP contribution in [0.3, 0.4) is 0 Å². The van der Waals surface area contributed by atoms with Gasteiger partial charge in [-0.2, -0.15) is 11.8 Å². The molecule has 1 atom stereocenters. The molecular formula is C15H26ClNO2S. The van der Waals surface area contributed by atoms with Gasteiger partial charge in [0.15, 0.2) is 0 Å². The van der Waals surface area contributed by atoms with Crippen LogP contribution in [0, 0.1) is 0 Å². The summed E-state index contributed by atoms with van der Waals surface area (Å²) in [6, 6.07) is 4.27. The van der Waals surface area contributed by atoms with E-state index in [0.29, 0.717) is 0 Å². The fourth-order valence-electron chi connectivity index (χ4n) is 2.13. The predicted octanol–water partition coefficient (Wildman–Crippen LogP) is 3.31. The van der Waals surface area contributed by atoms with Crippen LogP contribution >= 0.6 is 24.2 Å². The third-order valence-electron chi connectivity index (χ3n) is 3.02. The van der Waals surface area contributed by atoms with Crippen molar-refractivity contribution in [1.29, 1.82) is 0 Å². The number of hydrogen-bond acceptors (Lipinski definition) is 4. The van der Waals surface area contributed by atoms with Gasteiger partial charge in [-0.1, -0.05) is 0 Å². The van der Waals surface area contributed by atoms with Crippen molar-refractivity contribution < 1.29 is 9.47 Å². The number of halogens is 1. The second-order valence-corrected chi connectivity index (χ2v) is 5.74. The van der Waals surface area contributed by atoms with Crippen molar-refractivity contribution in [2.75, 3.05) is 26.2 Å². The van der Waals surface area contributed by atoms with E-state index in [-0.39, 0.29) is 18.4 Å². The lowest BCUT2D eigenvalue weighted by Crippen LogP contribution is -2.18. The van der Waals surface area contributed by atoms with Crippen LogP contribution in [0.2, 0.25) is 0 Å². The van der Waals surface area contributed by atoms with Gasteiger partial charge < -0.3 is 15.2 Å². The Bertz CT molecular complexity index is 400. The average molecular weight is 320 g/mol. The molecule has 0 spiro atoms. The van der Waals surface area contributed by atoms with Crippen molar-refractivity contribution in [2.45, 2.75) is 32.2 Å². The lowest BCUT2D eigenvalue weighted by Gasteiger charge is -2.16. The van der Waals surface area contributed by atoms with Crippen LogP contribution in [0.1, 0.15) is 24.5 Å². The number of nitrogens with two attached hydrogens (primary N) is 1. The molecule has 0 aromatic heterocycles. The summed E-state index contributed by atoms with van der Waals surface area (Å²) >= 11 is 1.87. The summed E-state index contributed by atoms with van der Waals surface area (Å²) in [5, 5.41) is 0. The summed E-state index contributed by atoms with van der Waals surface area (Å²) in [4.78, 5) is 0. The topological polar surface area (TPSA) is 44.5 Å². The van der Waals surface area contributed by atoms with Crippen LogP contribution in [0.15, 0.2) is 12.1 Å². The van der Waals surface area contributed by atoms with Gasteiger partial charge in [0, 0.05) is 6.04 Å². The van der Waals surface area contributed by atoms with Crippen LogP contribution in [0.25, 0.3) is 0 Å². The third-order valence-corrected chi connectivity index (χ3v) is 3.72. The number of aryl methyl sites for hydroxylation is 1. The van der Waals surface area contributed by atoms with E-state index >= 15 is 0 Å². The van der Waals surface area contributed by atoms with Gasteiger partial charge >= 0.3 is 0 Å². The molecule has 20 heavy (non-hydrogen) atoms. The van der Waals surface area contributed by atoms with Crippen molar-refractivity contribution in [2.24, 2.45) is 5.73 Å². The van der Waals surface area contributed by atoms with Crippen molar-refractivity contribution in [3.63, 3.8) is 0 Å². The fourth-order valence-corrected chi connectivity index (χ4v) is 2.57.